The van der Waals surface area contributed by atoms with Crippen molar-refractivity contribution >= 4 is 17.8 Å². The van der Waals surface area contributed by atoms with E-state index in [1.54, 1.807) is 49.9 Å². The van der Waals surface area contributed by atoms with Crippen LogP contribution < -0.4 is 14.4 Å². The minimum atomic E-state index is -0.397. The van der Waals surface area contributed by atoms with Crippen molar-refractivity contribution in [2.24, 2.45) is 0 Å². The number of ether oxygens (including phenoxy) is 3. The van der Waals surface area contributed by atoms with Crippen molar-refractivity contribution in [3.8, 4) is 11.5 Å². The number of amides is 3. The number of hydrogen-bond acceptors (Lipinski definition) is 5. The van der Waals surface area contributed by atoms with Gasteiger partial charge < -0.3 is 19.1 Å². The first-order valence-electron chi connectivity index (χ1n) is 11.1. The lowest BCUT2D eigenvalue weighted by molar-refractivity contribution is 0.0814. The summed E-state index contributed by atoms with van der Waals surface area (Å²) in [4.78, 5) is 31.3. The average Bonchev–Trinajstić information content (AvgIpc) is 2.81. The number of benzene rings is 2. The molecule has 8 nitrogen and oxygen atoms in total. The summed E-state index contributed by atoms with van der Waals surface area (Å²) < 4.78 is 16.5. The highest BCUT2D eigenvalue weighted by atomic mass is 16.6. The van der Waals surface area contributed by atoms with E-state index >= 15 is 0 Å². The van der Waals surface area contributed by atoms with E-state index in [1.807, 2.05) is 49.4 Å². The van der Waals surface area contributed by atoms with Crippen LogP contribution in [0.25, 0.3) is 0 Å². The molecular weight excluding hydrogens is 422 g/mol. The second kappa shape index (κ2) is 10.5. The Morgan fingerprint density at radius 1 is 1.06 bits per heavy atom. The molecule has 1 aliphatic rings. The van der Waals surface area contributed by atoms with E-state index in [2.05, 4.69) is 0 Å². The van der Waals surface area contributed by atoms with Crippen molar-refractivity contribution in [3.63, 3.8) is 0 Å². The fourth-order valence-corrected chi connectivity index (χ4v) is 4.24. The molecule has 0 saturated carbocycles. The van der Waals surface area contributed by atoms with E-state index in [0.717, 1.165) is 11.1 Å². The normalized spacial score (nSPS) is 17.1. The van der Waals surface area contributed by atoms with E-state index in [9.17, 15) is 9.59 Å². The first-order chi connectivity index (χ1) is 15.8. The van der Waals surface area contributed by atoms with Gasteiger partial charge in [-0.1, -0.05) is 30.3 Å². The monoisotopic (exact) mass is 455 g/mol. The van der Waals surface area contributed by atoms with E-state index < -0.39 is 6.09 Å². The highest BCUT2D eigenvalue weighted by molar-refractivity contribution is 5.94. The fourth-order valence-electron chi connectivity index (χ4n) is 4.24. The molecule has 0 fully saturated rings. The Kier molecular flexibility index (Phi) is 7.68. The third-order valence-electron chi connectivity index (χ3n) is 5.82. The van der Waals surface area contributed by atoms with Crippen LogP contribution in [-0.2, 0) is 11.3 Å². The van der Waals surface area contributed by atoms with Gasteiger partial charge in [-0.15, -0.1) is 0 Å². The third-order valence-corrected chi connectivity index (χ3v) is 5.82. The van der Waals surface area contributed by atoms with E-state index in [4.69, 9.17) is 14.2 Å². The van der Waals surface area contributed by atoms with Gasteiger partial charge in [0.2, 0.25) is 0 Å². The Hall–Kier alpha value is -3.42. The number of rotatable bonds is 6. The standard InChI is InChI=1S/C25H33N3O5/c1-7-33-25(30)27(16-18-11-9-8-10-12-18)20-13-17(2)28(24(29)26(3)4)21-15-23(32-6)22(31-5)14-19(20)21/h8-12,14-15,17,20H,7,13,16H2,1-6H3/t17-,20+/m1/s1. The molecule has 1 aliphatic heterocycles. The van der Waals surface area contributed by atoms with Gasteiger partial charge in [0.15, 0.2) is 11.5 Å². The van der Waals surface area contributed by atoms with Crippen LogP contribution in [0.5, 0.6) is 11.5 Å². The quantitative estimate of drug-likeness (QED) is 0.632. The van der Waals surface area contributed by atoms with Crippen LogP contribution in [0.15, 0.2) is 42.5 Å². The molecule has 0 spiro atoms. The van der Waals surface area contributed by atoms with Crippen LogP contribution in [0, 0.1) is 0 Å². The summed E-state index contributed by atoms with van der Waals surface area (Å²) in [6.45, 7) is 4.43. The van der Waals surface area contributed by atoms with Crippen molar-refractivity contribution in [1.82, 2.24) is 9.80 Å². The topological polar surface area (TPSA) is 71.6 Å². The van der Waals surface area contributed by atoms with Gasteiger partial charge in [0, 0.05) is 38.3 Å². The molecule has 2 aromatic rings. The predicted octanol–water partition coefficient (Wildman–Crippen LogP) is 4.68. The number of carbonyl (C=O) groups is 2. The summed E-state index contributed by atoms with van der Waals surface area (Å²) in [5, 5.41) is 0. The maximum Gasteiger partial charge on any atom is 0.410 e. The van der Waals surface area contributed by atoms with Gasteiger partial charge in [0.05, 0.1) is 32.6 Å². The Labute approximate surface area is 195 Å². The van der Waals surface area contributed by atoms with Crippen LogP contribution in [0.4, 0.5) is 15.3 Å². The average molecular weight is 456 g/mol. The van der Waals surface area contributed by atoms with Gasteiger partial charge in [0.25, 0.3) is 0 Å². The van der Waals surface area contributed by atoms with Crippen molar-refractivity contribution in [2.75, 3.05) is 39.8 Å². The molecule has 3 amide bonds. The van der Waals surface area contributed by atoms with Gasteiger partial charge in [-0.3, -0.25) is 9.80 Å². The largest absolute Gasteiger partial charge is 0.493 e. The van der Waals surface area contributed by atoms with E-state index in [0.29, 0.717) is 30.2 Å². The van der Waals surface area contributed by atoms with Crippen LogP contribution in [-0.4, -0.2) is 62.9 Å². The number of anilines is 1. The van der Waals surface area contributed by atoms with E-state index in [-0.39, 0.29) is 24.7 Å². The fraction of sp³-hybridized carbons (Fsp3) is 0.440. The number of fused-ring (bicyclic) bond motifs is 1. The summed E-state index contributed by atoms with van der Waals surface area (Å²) in [6.07, 6.45) is 0.153. The number of nitrogens with zero attached hydrogens (tertiary/aromatic N) is 3. The lowest BCUT2D eigenvalue weighted by Gasteiger charge is -2.44. The number of hydrogen-bond donors (Lipinski definition) is 0. The molecule has 0 aliphatic carbocycles. The smallest absolute Gasteiger partial charge is 0.410 e. The summed E-state index contributed by atoms with van der Waals surface area (Å²) in [6, 6.07) is 12.8. The molecule has 0 aromatic heterocycles. The molecule has 0 radical (unpaired) electrons. The van der Waals surface area contributed by atoms with E-state index in [1.165, 1.54) is 0 Å². The highest BCUT2D eigenvalue weighted by Gasteiger charge is 2.40. The van der Waals surface area contributed by atoms with Gasteiger partial charge in [-0.05, 0) is 31.9 Å². The summed E-state index contributed by atoms with van der Waals surface area (Å²) in [5.41, 5.74) is 2.49. The van der Waals surface area contributed by atoms with Crippen LogP contribution in [0.1, 0.15) is 37.4 Å². The lowest BCUT2D eigenvalue weighted by Crippen LogP contribution is -2.50. The number of urea groups is 1. The molecule has 2 aromatic carbocycles. The Morgan fingerprint density at radius 2 is 1.70 bits per heavy atom. The molecule has 178 valence electrons. The maximum atomic E-state index is 13.1. The van der Waals surface area contributed by atoms with Gasteiger partial charge in [-0.2, -0.15) is 0 Å². The molecule has 8 heteroatoms. The molecule has 1 heterocycles. The van der Waals surface area contributed by atoms with Crippen LogP contribution in [0.2, 0.25) is 0 Å². The molecule has 3 rings (SSSR count). The SMILES string of the molecule is CCOC(=O)N(Cc1ccccc1)[C@H]1C[C@@H](C)N(C(=O)N(C)C)c2cc(OC)c(OC)cc21. The molecule has 0 unspecified atom stereocenters. The number of carbonyl (C=O) groups excluding carboxylic acids is 2. The molecular formula is C25H33N3O5. The summed E-state index contributed by atoms with van der Waals surface area (Å²) >= 11 is 0. The van der Waals surface area contributed by atoms with Gasteiger partial charge >= 0.3 is 12.1 Å². The Bertz CT molecular complexity index is 980. The first-order valence-corrected chi connectivity index (χ1v) is 11.1. The van der Waals surface area contributed by atoms with Crippen LogP contribution in [0.3, 0.4) is 0 Å². The first kappa shape index (κ1) is 24.2. The second-order valence-electron chi connectivity index (χ2n) is 8.23. The zero-order chi connectivity index (χ0) is 24.1. The van der Waals surface area contributed by atoms with Gasteiger partial charge in [-0.25, -0.2) is 9.59 Å². The maximum absolute atomic E-state index is 13.1. The zero-order valence-electron chi connectivity index (χ0n) is 20.2. The van der Waals surface area contributed by atoms with Crippen molar-refractivity contribution in [1.29, 1.82) is 0 Å². The molecule has 2 atom stereocenters. The lowest BCUT2D eigenvalue weighted by atomic mass is 9.90. The van der Waals surface area contributed by atoms with Crippen molar-refractivity contribution in [2.45, 2.75) is 38.9 Å². The summed E-state index contributed by atoms with van der Waals surface area (Å²) in [5.74, 6) is 1.06. The minimum Gasteiger partial charge on any atom is -0.493 e. The Balaban J connectivity index is 2.16. The zero-order valence-corrected chi connectivity index (χ0v) is 20.2. The number of methoxy groups -OCH3 is 2. The van der Waals surface area contributed by atoms with Crippen LogP contribution >= 0.6 is 0 Å². The molecule has 0 N–H and O–H groups in total. The predicted molar refractivity (Wildman–Crippen MR) is 127 cm³/mol. The molecule has 33 heavy (non-hydrogen) atoms. The Morgan fingerprint density at radius 3 is 2.27 bits per heavy atom. The van der Waals surface area contributed by atoms with Crippen molar-refractivity contribution in [3.05, 3.63) is 53.6 Å². The summed E-state index contributed by atoms with van der Waals surface area (Å²) in [7, 11) is 6.58. The minimum absolute atomic E-state index is 0.139. The second-order valence-corrected chi connectivity index (χ2v) is 8.23. The molecule has 0 bridgehead atoms. The van der Waals surface area contributed by atoms with Crippen molar-refractivity contribution < 1.29 is 23.8 Å². The third kappa shape index (κ3) is 4.99. The highest BCUT2D eigenvalue weighted by Crippen LogP contribution is 2.46. The molecule has 0 saturated heterocycles. The van der Waals surface area contributed by atoms with Gasteiger partial charge in [0.1, 0.15) is 0 Å².